The second-order valence-electron chi connectivity index (χ2n) is 4.10. The number of hydrogen-bond acceptors (Lipinski definition) is 2. The molecule has 0 aromatic heterocycles. The summed E-state index contributed by atoms with van der Waals surface area (Å²) in [4.78, 5) is 22.9. The highest BCUT2D eigenvalue weighted by Crippen LogP contribution is 2.30. The smallest absolute Gasteiger partial charge is 0.336 e. The Morgan fingerprint density at radius 3 is 2.32 bits per heavy atom. The van der Waals surface area contributed by atoms with Crippen LogP contribution in [-0.2, 0) is 0 Å². The summed E-state index contributed by atoms with van der Waals surface area (Å²) in [6.07, 6.45) is 0. The summed E-state index contributed by atoms with van der Waals surface area (Å²) < 4.78 is 0. The normalized spacial score (nSPS) is 10.2. The first-order chi connectivity index (χ1) is 9.00. The van der Waals surface area contributed by atoms with E-state index < -0.39 is 5.97 Å². The van der Waals surface area contributed by atoms with E-state index in [2.05, 4.69) is 0 Å². The third kappa shape index (κ3) is 2.66. The maximum atomic E-state index is 11.6. The fourth-order valence-corrected chi connectivity index (χ4v) is 2.12. The van der Waals surface area contributed by atoms with Gasteiger partial charge >= 0.3 is 5.97 Å². The summed E-state index contributed by atoms with van der Waals surface area (Å²) in [5.41, 5.74) is 1.63. The first-order valence-corrected chi connectivity index (χ1v) is 6.01. The molecular weight excluding hydrogens is 264 g/mol. The van der Waals surface area contributed by atoms with Crippen LogP contribution in [0.1, 0.15) is 27.6 Å². The molecule has 3 nitrogen and oxygen atoms in total. The van der Waals surface area contributed by atoms with Crippen LogP contribution < -0.4 is 0 Å². The summed E-state index contributed by atoms with van der Waals surface area (Å²) >= 11 is 5.93. The largest absolute Gasteiger partial charge is 0.478 e. The molecule has 2 aromatic carbocycles. The Bertz CT molecular complexity index is 662. The van der Waals surface area contributed by atoms with Gasteiger partial charge in [-0.2, -0.15) is 0 Å². The second-order valence-corrected chi connectivity index (χ2v) is 4.53. The van der Waals surface area contributed by atoms with Crippen molar-refractivity contribution in [2.75, 3.05) is 0 Å². The van der Waals surface area contributed by atoms with Gasteiger partial charge in [0.25, 0.3) is 0 Å². The third-order valence-corrected chi connectivity index (χ3v) is 3.04. The van der Waals surface area contributed by atoms with Crippen molar-refractivity contribution < 1.29 is 14.7 Å². The predicted molar refractivity (Wildman–Crippen MR) is 73.9 cm³/mol. The van der Waals surface area contributed by atoms with Gasteiger partial charge in [-0.05, 0) is 36.2 Å². The third-order valence-electron chi connectivity index (χ3n) is 2.81. The number of rotatable bonds is 3. The fourth-order valence-electron chi connectivity index (χ4n) is 1.95. The molecule has 0 bridgehead atoms. The highest BCUT2D eigenvalue weighted by molar-refractivity contribution is 6.31. The summed E-state index contributed by atoms with van der Waals surface area (Å²) in [6, 6.07) is 11.4. The average molecular weight is 275 g/mol. The van der Waals surface area contributed by atoms with Crippen LogP contribution in [0.15, 0.2) is 42.5 Å². The molecule has 0 saturated carbocycles. The molecule has 0 fully saturated rings. The molecule has 0 heterocycles. The topological polar surface area (TPSA) is 54.4 Å². The predicted octanol–water partition coefficient (Wildman–Crippen LogP) is 3.91. The van der Waals surface area contributed by atoms with Crippen molar-refractivity contribution in [2.24, 2.45) is 0 Å². The van der Waals surface area contributed by atoms with Crippen LogP contribution in [0.3, 0.4) is 0 Å². The highest BCUT2D eigenvalue weighted by atomic mass is 35.5. The molecule has 0 aliphatic heterocycles. The van der Waals surface area contributed by atoms with E-state index in [1.54, 1.807) is 30.3 Å². The van der Waals surface area contributed by atoms with Crippen LogP contribution in [0.4, 0.5) is 0 Å². The molecule has 0 unspecified atom stereocenters. The number of carboxylic acid groups (broad SMARTS) is 1. The zero-order valence-electron chi connectivity index (χ0n) is 10.2. The van der Waals surface area contributed by atoms with E-state index in [1.807, 2.05) is 0 Å². The second kappa shape index (κ2) is 5.24. The van der Waals surface area contributed by atoms with Gasteiger partial charge in [0.15, 0.2) is 5.78 Å². The molecule has 96 valence electrons. The highest BCUT2D eigenvalue weighted by Gasteiger charge is 2.16. The molecular formula is C15H11ClO3. The minimum atomic E-state index is -1.05. The van der Waals surface area contributed by atoms with E-state index in [0.717, 1.165) is 0 Å². The van der Waals surface area contributed by atoms with E-state index in [-0.39, 0.29) is 11.3 Å². The minimum absolute atomic E-state index is 0.119. The number of hydrogen-bond donors (Lipinski definition) is 1. The van der Waals surface area contributed by atoms with Crippen molar-refractivity contribution >= 4 is 23.4 Å². The van der Waals surface area contributed by atoms with Crippen LogP contribution in [0.5, 0.6) is 0 Å². The van der Waals surface area contributed by atoms with E-state index >= 15 is 0 Å². The first kappa shape index (κ1) is 13.3. The zero-order valence-corrected chi connectivity index (χ0v) is 10.9. The molecule has 0 amide bonds. The van der Waals surface area contributed by atoms with Crippen molar-refractivity contribution in [3.8, 4) is 11.1 Å². The molecule has 1 N–H and O–H groups in total. The Labute approximate surface area is 115 Å². The molecule has 4 heteroatoms. The summed E-state index contributed by atoms with van der Waals surface area (Å²) in [7, 11) is 0. The molecule has 0 saturated heterocycles. The lowest BCUT2D eigenvalue weighted by Gasteiger charge is -2.10. The van der Waals surface area contributed by atoms with Crippen LogP contribution >= 0.6 is 11.6 Å². The lowest BCUT2D eigenvalue weighted by atomic mass is 9.94. The summed E-state index contributed by atoms with van der Waals surface area (Å²) in [6.45, 7) is 1.45. The van der Waals surface area contributed by atoms with E-state index in [9.17, 15) is 14.7 Å². The molecule has 0 atom stereocenters. The Hall–Kier alpha value is -2.13. The Morgan fingerprint density at radius 2 is 1.68 bits per heavy atom. The van der Waals surface area contributed by atoms with Crippen molar-refractivity contribution in [1.29, 1.82) is 0 Å². The van der Waals surface area contributed by atoms with E-state index in [1.165, 1.54) is 19.1 Å². The van der Waals surface area contributed by atoms with Gasteiger partial charge in [0.2, 0.25) is 0 Å². The van der Waals surface area contributed by atoms with Crippen LogP contribution in [0, 0.1) is 0 Å². The molecule has 0 spiro atoms. The molecule has 2 aromatic rings. The van der Waals surface area contributed by atoms with Gasteiger partial charge in [-0.1, -0.05) is 35.9 Å². The number of carboxylic acids is 1. The van der Waals surface area contributed by atoms with Crippen LogP contribution in [0.2, 0.25) is 5.02 Å². The number of benzene rings is 2. The number of carbonyl (C=O) groups is 2. The van der Waals surface area contributed by atoms with Crippen LogP contribution in [-0.4, -0.2) is 16.9 Å². The Balaban J connectivity index is 2.75. The van der Waals surface area contributed by atoms with Crippen LogP contribution in [0.25, 0.3) is 11.1 Å². The average Bonchev–Trinajstić information content (AvgIpc) is 2.38. The van der Waals surface area contributed by atoms with Gasteiger partial charge in [0.1, 0.15) is 0 Å². The van der Waals surface area contributed by atoms with Crippen molar-refractivity contribution in [3.63, 3.8) is 0 Å². The van der Waals surface area contributed by atoms with Crippen molar-refractivity contribution in [2.45, 2.75) is 6.92 Å². The summed E-state index contributed by atoms with van der Waals surface area (Å²) in [5, 5.41) is 9.65. The summed E-state index contributed by atoms with van der Waals surface area (Å²) in [5.74, 6) is -1.17. The molecule has 2 rings (SSSR count). The first-order valence-electron chi connectivity index (χ1n) is 5.64. The maximum Gasteiger partial charge on any atom is 0.336 e. The fraction of sp³-hybridized carbons (Fsp3) is 0.0667. The molecule has 0 aliphatic carbocycles. The standard InChI is InChI=1S/C15H11ClO3/c1-9(17)11-4-2-3-5-12(11)14-8-10(16)6-7-13(14)15(18)19/h2-8H,1H3,(H,18,19). The number of ketones is 1. The SMILES string of the molecule is CC(=O)c1ccccc1-c1cc(Cl)ccc1C(=O)O. The Morgan fingerprint density at radius 1 is 1.00 bits per heavy atom. The number of carbonyl (C=O) groups excluding carboxylic acids is 1. The number of halogens is 1. The van der Waals surface area contributed by atoms with Gasteiger partial charge in [0, 0.05) is 10.6 Å². The molecule has 0 aliphatic rings. The monoisotopic (exact) mass is 274 g/mol. The van der Waals surface area contributed by atoms with Gasteiger partial charge in [-0.25, -0.2) is 4.79 Å². The Kier molecular flexibility index (Phi) is 3.67. The van der Waals surface area contributed by atoms with Crippen molar-refractivity contribution in [3.05, 3.63) is 58.6 Å². The van der Waals surface area contributed by atoms with Gasteiger partial charge < -0.3 is 5.11 Å². The quantitative estimate of drug-likeness (QED) is 0.864. The molecule has 19 heavy (non-hydrogen) atoms. The minimum Gasteiger partial charge on any atom is -0.478 e. The lowest BCUT2D eigenvalue weighted by Crippen LogP contribution is -2.02. The lowest BCUT2D eigenvalue weighted by molar-refractivity contribution is 0.0697. The maximum absolute atomic E-state index is 11.6. The van der Waals surface area contributed by atoms with E-state index in [4.69, 9.17) is 11.6 Å². The van der Waals surface area contributed by atoms with Gasteiger partial charge in [-0.15, -0.1) is 0 Å². The zero-order chi connectivity index (χ0) is 14.0. The van der Waals surface area contributed by atoms with Crippen molar-refractivity contribution in [1.82, 2.24) is 0 Å². The van der Waals surface area contributed by atoms with E-state index in [0.29, 0.717) is 21.7 Å². The number of aromatic carboxylic acids is 1. The van der Waals surface area contributed by atoms with Gasteiger partial charge in [0.05, 0.1) is 5.56 Å². The van der Waals surface area contributed by atoms with Gasteiger partial charge in [-0.3, -0.25) is 4.79 Å². The number of Topliss-reactive ketones (excluding diaryl/α,β-unsaturated/α-hetero) is 1. The molecule has 0 radical (unpaired) electrons.